The summed E-state index contributed by atoms with van der Waals surface area (Å²) in [6.45, 7) is 2.94. The van der Waals surface area contributed by atoms with Crippen molar-refractivity contribution >= 4 is 74.5 Å². The predicted octanol–water partition coefficient (Wildman–Crippen LogP) is -3.51. The fourth-order valence-electron chi connectivity index (χ4n) is 0. The molecular weight excluding hydrogens is 669 g/mol. The summed E-state index contributed by atoms with van der Waals surface area (Å²) in [6, 6.07) is 0. The molecule has 0 aliphatic heterocycles. The molecule has 0 rings (SSSR count). The van der Waals surface area contributed by atoms with Gasteiger partial charge in [-0.25, -0.2) is 52.6 Å². The third kappa shape index (κ3) is 314. The molecule has 0 aliphatic carbocycles. The molecule has 0 bridgehead atoms. The first-order valence-corrected chi connectivity index (χ1v) is 21.7. The number of carbonyl (C=O) groups is 2. The molecule has 41 heavy (non-hydrogen) atoms. The van der Waals surface area contributed by atoms with Gasteiger partial charge in [0.25, 0.3) is 0 Å². The zero-order valence-electron chi connectivity index (χ0n) is 26.9. The van der Waals surface area contributed by atoms with Crippen molar-refractivity contribution in [2.24, 2.45) is 0 Å². The molecule has 0 aromatic heterocycles. The van der Waals surface area contributed by atoms with Gasteiger partial charge in [-0.05, 0) is 28.2 Å². The van der Waals surface area contributed by atoms with Crippen LogP contribution in [0.3, 0.4) is 0 Å². The van der Waals surface area contributed by atoms with Gasteiger partial charge in [0.15, 0.2) is 0 Å². The first kappa shape index (κ1) is 59.5. The molecule has 2 atom stereocenters. The molecular formula is C18H54N6O11S6. The molecule has 2 amide bonds. The van der Waals surface area contributed by atoms with Gasteiger partial charge in [-0.2, -0.15) is 0 Å². The summed E-state index contributed by atoms with van der Waals surface area (Å²) < 4.78 is 97.2. The fraction of sp³-hybridized carbons (Fsp3) is 0.889. The number of hydrogen-bond donors (Lipinski definition) is 6. The van der Waals surface area contributed by atoms with Gasteiger partial charge >= 0.3 is 0 Å². The van der Waals surface area contributed by atoms with Crippen molar-refractivity contribution in [2.45, 2.75) is 13.8 Å². The van der Waals surface area contributed by atoms with Crippen molar-refractivity contribution in [3.63, 3.8) is 0 Å². The van der Waals surface area contributed by atoms with Crippen LogP contribution in [0.1, 0.15) is 13.8 Å². The average molecular weight is 723 g/mol. The van der Waals surface area contributed by atoms with Crippen molar-refractivity contribution in [3.05, 3.63) is 0 Å². The monoisotopic (exact) mass is 722 g/mol. The molecule has 0 saturated carbocycles. The van der Waals surface area contributed by atoms with E-state index in [-0.39, 0.29) is 11.8 Å². The van der Waals surface area contributed by atoms with Gasteiger partial charge in [-0.15, -0.1) is 0 Å². The number of sulfone groups is 1. The lowest BCUT2D eigenvalue weighted by atomic mass is 10.7. The average Bonchev–Trinajstić information content (AvgIpc) is 2.78. The maximum atomic E-state index is 9.89. The van der Waals surface area contributed by atoms with Crippen molar-refractivity contribution in [1.82, 2.24) is 29.5 Å². The first-order chi connectivity index (χ1) is 17.9. The highest BCUT2D eigenvalue weighted by Gasteiger charge is 1.88. The SMILES string of the molecule is CNC(C)=O.CNC(C)=O.CNS(C)(=O)=O.CNS(C)(=O)=O.CNS(C)=O.CNS(C)=O.CS(C)(=O)=O.CS(C)=O. The Hall–Kier alpha value is -0.920. The number of hydrogen-bond acceptors (Lipinski definition) is 11. The van der Waals surface area contributed by atoms with E-state index in [4.69, 9.17) is 0 Å². The second-order valence-corrected chi connectivity index (χ2v) is 17.1. The predicted molar refractivity (Wildman–Crippen MR) is 174 cm³/mol. The highest BCUT2D eigenvalue weighted by molar-refractivity contribution is 7.90. The van der Waals surface area contributed by atoms with Crippen LogP contribution in [0, 0.1) is 0 Å². The maximum Gasteiger partial charge on any atom is 0.216 e. The number of carbonyl (C=O) groups excluding carboxylic acids is 2. The molecule has 0 fully saturated rings. The van der Waals surface area contributed by atoms with Crippen LogP contribution in [0.15, 0.2) is 0 Å². The van der Waals surface area contributed by atoms with E-state index >= 15 is 0 Å². The normalized spacial score (nSPS) is 11.0. The Labute approximate surface area is 256 Å². The van der Waals surface area contributed by atoms with Crippen LogP contribution in [-0.2, 0) is 72.2 Å². The van der Waals surface area contributed by atoms with Gasteiger partial charge < -0.3 is 10.6 Å². The Morgan fingerprint density at radius 3 is 0.585 bits per heavy atom. The molecule has 0 aromatic carbocycles. The third-order valence-electron chi connectivity index (χ3n) is 2.02. The van der Waals surface area contributed by atoms with Gasteiger partial charge in [0.05, 0.1) is 34.5 Å². The van der Waals surface area contributed by atoms with Crippen molar-refractivity contribution < 1.29 is 47.5 Å². The van der Waals surface area contributed by atoms with Crippen LogP contribution in [0.5, 0.6) is 0 Å². The zero-order valence-corrected chi connectivity index (χ0v) is 31.8. The van der Waals surface area contributed by atoms with E-state index in [2.05, 4.69) is 29.5 Å². The van der Waals surface area contributed by atoms with E-state index in [1.54, 1.807) is 53.2 Å². The fourth-order valence-corrected chi connectivity index (χ4v) is 0. The molecule has 23 heteroatoms. The summed E-state index contributed by atoms with van der Waals surface area (Å²) in [7, 11) is -1.51. The van der Waals surface area contributed by atoms with Crippen LogP contribution >= 0.6 is 0 Å². The lowest BCUT2D eigenvalue weighted by molar-refractivity contribution is -0.119. The Morgan fingerprint density at radius 1 is 0.512 bits per heavy atom. The van der Waals surface area contributed by atoms with Gasteiger partial charge in [-0.1, -0.05) is 0 Å². The van der Waals surface area contributed by atoms with Crippen LogP contribution < -0.4 is 29.5 Å². The van der Waals surface area contributed by atoms with E-state index in [1.165, 1.54) is 27.9 Å². The second kappa shape index (κ2) is 39.1. The highest BCUT2D eigenvalue weighted by atomic mass is 32.2. The third-order valence-corrected chi connectivity index (χ3v) is 4.65. The minimum atomic E-state index is -2.91. The molecule has 0 saturated heterocycles. The summed E-state index contributed by atoms with van der Waals surface area (Å²) in [4.78, 5) is 19.4. The molecule has 0 heterocycles. The smallest absolute Gasteiger partial charge is 0.216 e. The highest BCUT2D eigenvalue weighted by Crippen LogP contribution is 1.63. The number of nitrogens with one attached hydrogen (secondary N) is 6. The van der Waals surface area contributed by atoms with Crippen molar-refractivity contribution in [1.29, 1.82) is 0 Å². The largest absolute Gasteiger partial charge is 0.359 e. The minimum absolute atomic E-state index is 0.00463. The minimum Gasteiger partial charge on any atom is -0.359 e. The van der Waals surface area contributed by atoms with Crippen LogP contribution in [0.4, 0.5) is 0 Å². The second-order valence-electron chi connectivity index (χ2n) is 6.77. The Kier molecular flexibility index (Phi) is 56.7. The number of sulfonamides is 2. The van der Waals surface area contributed by atoms with Gasteiger partial charge in [0.1, 0.15) is 9.84 Å². The van der Waals surface area contributed by atoms with Crippen molar-refractivity contribution in [3.8, 4) is 0 Å². The maximum absolute atomic E-state index is 9.89. The molecule has 2 unspecified atom stereocenters. The summed E-state index contributed by atoms with van der Waals surface area (Å²) in [6.07, 6.45) is 11.0. The quantitative estimate of drug-likeness (QED) is 0.166. The Balaban J connectivity index is -0.0000000507. The van der Waals surface area contributed by atoms with Crippen LogP contribution in [0.2, 0.25) is 0 Å². The first-order valence-electron chi connectivity index (χ1n) is 10.5. The molecule has 0 radical (unpaired) electrons. The van der Waals surface area contributed by atoms with Gasteiger partial charge in [0.2, 0.25) is 31.9 Å². The van der Waals surface area contributed by atoms with E-state index in [0.29, 0.717) is 0 Å². The number of amides is 2. The molecule has 258 valence electrons. The molecule has 6 N–H and O–H groups in total. The molecule has 0 spiro atoms. The zero-order chi connectivity index (χ0) is 35.6. The topological polar surface area (TPSA) is 260 Å². The summed E-state index contributed by atoms with van der Waals surface area (Å²) in [5.41, 5.74) is 0. The lowest BCUT2D eigenvalue weighted by Crippen LogP contribution is -2.15. The molecule has 0 aromatic rings. The Bertz CT molecular complexity index is 905. The van der Waals surface area contributed by atoms with Gasteiger partial charge in [-0.3, -0.25) is 13.8 Å². The summed E-state index contributed by atoms with van der Waals surface area (Å²) in [5.74, 6) is 0.00926. The van der Waals surface area contributed by atoms with E-state index in [1.807, 2.05) is 0 Å². The van der Waals surface area contributed by atoms with Crippen LogP contribution in [-0.4, -0.2) is 142 Å². The van der Waals surface area contributed by atoms with E-state index in [0.717, 1.165) is 25.0 Å². The van der Waals surface area contributed by atoms with E-state index in [9.17, 15) is 47.5 Å². The van der Waals surface area contributed by atoms with Crippen molar-refractivity contribution in [2.75, 3.05) is 92.3 Å². The van der Waals surface area contributed by atoms with E-state index < -0.39 is 62.7 Å². The number of rotatable bonds is 4. The lowest BCUT2D eigenvalue weighted by Gasteiger charge is -1.85. The Morgan fingerprint density at radius 2 is 0.585 bits per heavy atom. The van der Waals surface area contributed by atoms with Crippen LogP contribution in [0.25, 0.3) is 0 Å². The summed E-state index contributed by atoms with van der Waals surface area (Å²) >= 11 is 0. The molecule has 17 nitrogen and oxygen atoms in total. The standard InChI is InChI=1S/2C3H7NO.2C2H7NO2S.2C2H7NOS.C2H6O2S.C2H6OS/c2*1-3(5)4-2;2*1-3-6(2,4)5;2*1-3-5(2)4;1-5(2,3)4;1-4(2)3/h2*1-2H3,(H,4,5);2*3H,1-2H3;2*3H,1-2H3;1-2H3;1-2H3. The summed E-state index contributed by atoms with van der Waals surface area (Å²) in [5, 5.41) is 4.78. The van der Waals surface area contributed by atoms with Gasteiger partial charge in [0, 0.05) is 76.3 Å². The molecule has 0 aliphatic rings.